The van der Waals surface area contributed by atoms with E-state index in [1.165, 1.54) is 0 Å². The molecule has 0 bridgehead atoms. The molecule has 0 aliphatic carbocycles. The summed E-state index contributed by atoms with van der Waals surface area (Å²) < 4.78 is 5.38. The fourth-order valence-electron chi connectivity index (χ4n) is 3.06. The van der Waals surface area contributed by atoms with Gasteiger partial charge in [0.15, 0.2) is 16.9 Å². The molecule has 0 amide bonds. The minimum atomic E-state index is 0.739. The molecule has 9 heteroatoms. The van der Waals surface area contributed by atoms with Crippen LogP contribution in [-0.4, -0.2) is 43.6 Å². The third-order valence-corrected chi connectivity index (χ3v) is 4.36. The Labute approximate surface area is 151 Å². The van der Waals surface area contributed by atoms with E-state index in [0.717, 1.165) is 39.7 Å². The van der Waals surface area contributed by atoms with Crippen molar-refractivity contribution in [3.05, 3.63) is 67.6 Å². The molecule has 0 aliphatic rings. The minimum Gasteiger partial charge on any atom is -0.304 e. The maximum absolute atomic E-state index is 4.64. The van der Waals surface area contributed by atoms with Crippen LogP contribution in [0, 0.1) is 0 Å². The van der Waals surface area contributed by atoms with Crippen molar-refractivity contribution in [3.8, 4) is 22.8 Å². The first-order chi connectivity index (χ1) is 13.3. The first-order valence-electron chi connectivity index (χ1n) is 8.30. The predicted molar refractivity (Wildman–Crippen MR) is 96.9 cm³/mol. The first-order valence-corrected chi connectivity index (χ1v) is 8.30. The van der Waals surface area contributed by atoms with Gasteiger partial charge < -0.3 is 4.40 Å². The molecule has 0 spiro atoms. The number of aromatic nitrogens is 9. The van der Waals surface area contributed by atoms with Gasteiger partial charge in [-0.2, -0.15) is 10.2 Å². The second-order valence-corrected chi connectivity index (χ2v) is 6.06. The summed E-state index contributed by atoms with van der Waals surface area (Å²) in [6, 6.07) is 7.56. The van der Waals surface area contributed by atoms with Crippen molar-refractivity contribution < 1.29 is 0 Å². The summed E-state index contributed by atoms with van der Waals surface area (Å²) in [6.07, 6.45) is 12.7. The molecule has 128 valence electrons. The maximum atomic E-state index is 4.64. The van der Waals surface area contributed by atoms with Gasteiger partial charge in [-0.25, -0.2) is 29.0 Å². The Hall–Kier alpha value is -4.14. The molecule has 0 aromatic carbocycles. The zero-order chi connectivity index (χ0) is 17.8. The Kier molecular flexibility index (Phi) is 2.70. The molecule has 6 aromatic rings. The number of fused-ring (bicyclic) bond motifs is 3. The average Bonchev–Trinajstić information content (AvgIpc) is 3.42. The summed E-state index contributed by atoms with van der Waals surface area (Å²) in [4.78, 5) is 17.6. The van der Waals surface area contributed by atoms with Crippen LogP contribution in [0.25, 0.3) is 39.7 Å². The Balaban J connectivity index is 1.46. The van der Waals surface area contributed by atoms with Crippen LogP contribution in [0.2, 0.25) is 0 Å². The van der Waals surface area contributed by atoms with Gasteiger partial charge in [0.05, 0.1) is 12.4 Å². The summed E-state index contributed by atoms with van der Waals surface area (Å²) in [7, 11) is 0. The molecule has 0 N–H and O–H groups in total. The lowest BCUT2D eigenvalue weighted by Crippen LogP contribution is -1.94. The van der Waals surface area contributed by atoms with Crippen molar-refractivity contribution in [2.24, 2.45) is 0 Å². The lowest BCUT2D eigenvalue weighted by atomic mass is 10.3. The predicted octanol–water partition coefficient (Wildman–Crippen LogP) is 2.15. The molecule has 0 fully saturated rings. The zero-order valence-electron chi connectivity index (χ0n) is 13.9. The van der Waals surface area contributed by atoms with Crippen LogP contribution in [0.1, 0.15) is 0 Å². The van der Waals surface area contributed by atoms with E-state index in [1.807, 2.05) is 53.5 Å². The van der Waals surface area contributed by atoms with E-state index in [4.69, 9.17) is 0 Å². The van der Waals surface area contributed by atoms with E-state index in [1.54, 1.807) is 27.6 Å². The van der Waals surface area contributed by atoms with Gasteiger partial charge in [0.25, 0.3) is 0 Å². The van der Waals surface area contributed by atoms with Gasteiger partial charge >= 0.3 is 0 Å². The van der Waals surface area contributed by atoms with Crippen LogP contribution in [0.5, 0.6) is 0 Å². The van der Waals surface area contributed by atoms with E-state index < -0.39 is 0 Å². The van der Waals surface area contributed by atoms with Gasteiger partial charge in [-0.15, -0.1) is 0 Å². The fraction of sp³-hybridized carbons (Fsp3) is 0. The highest BCUT2D eigenvalue weighted by atomic mass is 15.3. The van der Waals surface area contributed by atoms with E-state index >= 15 is 0 Å². The Morgan fingerprint density at radius 3 is 2.56 bits per heavy atom. The molecule has 27 heavy (non-hydrogen) atoms. The molecule has 6 rings (SSSR count). The largest absolute Gasteiger partial charge is 0.304 e. The van der Waals surface area contributed by atoms with Crippen molar-refractivity contribution in [2.45, 2.75) is 0 Å². The molecule has 0 saturated carbocycles. The van der Waals surface area contributed by atoms with E-state index in [2.05, 4.69) is 30.1 Å². The topological polar surface area (TPSA) is 90.6 Å². The highest BCUT2D eigenvalue weighted by molar-refractivity contribution is 5.63. The SMILES string of the molecule is c1cnc2cc(-c3ccc4nc(-c5cn6ccnc6cn5)cn4n3)nn2c1. The molecule has 6 heterocycles. The highest BCUT2D eigenvalue weighted by Crippen LogP contribution is 2.20. The average molecular weight is 353 g/mol. The molecule has 0 atom stereocenters. The lowest BCUT2D eigenvalue weighted by Gasteiger charge is -1.97. The van der Waals surface area contributed by atoms with Crippen LogP contribution in [0.3, 0.4) is 0 Å². The van der Waals surface area contributed by atoms with Crippen LogP contribution in [0.4, 0.5) is 0 Å². The van der Waals surface area contributed by atoms with Crippen molar-refractivity contribution in [2.75, 3.05) is 0 Å². The molecular weight excluding hydrogens is 342 g/mol. The molecule has 0 radical (unpaired) electrons. The molecular formula is C18H11N9. The van der Waals surface area contributed by atoms with E-state index in [0.29, 0.717) is 0 Å². The minimum absolute atomic E-state index is 0.739. The van der Waals surface area contributed by atoms with Gasteiger partial charge in [-0.1, -0.05) is 0 Å². The van der Waals surface area contributed by atoms with E-state index in [9.17, 15) is 0 Å². The van der Waals surface area contributed by atoms with Crippen LogP contribution in [-0.2, 0) is 0 Å². The summed E-state index contributed by atoms with van der Waals surface area (Å²) in [5.74, 6) is 0. The van der Waals surface area contributed by atoms with Gasteiger partial charge in [0.1, 0.15) is 22.8 Å². The van der Waals surface area contributed by atoms with Gasteiger partial charge in [0.2, 0.25) is 0 Å². The van der Waals surface area contributed by atoms with Crippen molar-refractivity contribution in [1.82, 2.24) is 43.6 Å². The number of hydrogen-bond donors (Lipinski definition) is 0. The molecule has 0 unspecified atom stereocenters. The maximum Gasteiger partial charge on any atom is 0.155 e. The quantitative estimate of drug-likeness (QED) is 0.474. The second kappa shape index (κ2) is 5.18. The second-order valence-electron chi connectivity index (χ2n) is 6.06. The number of hydrogen-bond acceptors (Lipinski definition) is 6. The fourth-order valence-corrected chi connectivity index (χ4v) is 3.06. The Morgan fingerprint density at radius 1 is 0.667 bits per heavy atom. The van der Waals surface area contributed by atoms with Crippen LogP contribution >= 0.6 is 0 Å². The van der Waals surface area contributed by atoms with Gasteiger partial charge in [0, 0.05) is 37.1 Å². The smallest absolute Gasteiger partial charge is 0.155 e. The number of imidazole rings is 2. The standard InChI is InChI=1S/C18H11N9/c1-4-19-17-8-13(24-26(17)6-1)12-2-3-16-22-15(11-27(16)23-12)14-10-25-7-5-20-18(25)9-21-14/h1-11H. The summed E-state index contributed by atoms with van der Waals surface area (Å²) >= 11 is 0. The van der Waals surface area contributed by atoms with Crippen molar-refractivity contribution >= 4 is 16.9 Å². The lowest BCUT2D eigenvalue weighted by molar-refractivity contribution is 0.912. The summed E-state index contributed by atoms with van der Waals surface area (Å²) in [5.41, 5.74) is 5.31. The summed E-state index contributed by atoms with van der Waals surface area (Å²) in [5, 5.41) is 9.16. The van der Waals surface area contributed by atoms with Crippen LogP contribution < -0.4 is 0 Å². The van der Waals surface area contributed by atoms with Crippen molar-refractivity contribution in [1.29, 1.82) is 0 Å². The third kappa shape index (κ3) is 2.18. The van der Waals surface area contributed by atoms with Crippen LogP contribution in [0.15, 0.2) is 67.6 Å². The first kappa shape index (κ1) is 14.1. The van der Waals surface area contributed by atoms with Gasteiger partial charge in [-0.05, 0) is 18.2 Å². The zero-order valence-corrected chi connectivity index (χ0v) is 13.9. The Morgan fingerprint density at radius 2 is 1.59 bits per heavy atom. The summed E-state index contributed by atoms with van der Waals surface area (Å²) in [6.45, 7) is 0. The molecule has 9 nitrogen and oxygen atoms in total. The number of nitrogens with zero attached hydrogens (tertiary/aromatic N) is 9. The molecule has 0 aliphatic heterocycles. The third-order valence-electron chi connectivity index (χ3n) is 4.36. The molecule has 0 saturated heterocycles. The van der Waals surface area contributed by atoms with Crippen molar-refractivity contribution in [3.63, 3.8) is 0 Å². The molecule has 6 aromatic heterocycles. The number of rotatable bonds is 2. The van der Waals surface area contributed by atoms with E-state index in [-0.39, 0.29) is 0 Å². The Bertz CT molecular complexity index is 1410. The monoisotopic (exact) mass is 353 g/mol. The normalized spacial score (nSPS) is 11.7. The highest BCUT2D eigenvalue weighted by Gasteiger charge is 2.11. The van der Waals surface area contributed by atoms with Gasteiger partial charge in [-0.3, -0.25) is 0 Å².